The average Bonchev–Trinajstić information content (AvgIpc) is 2.39. The lowest BCUT2D eigenvalue weighted by Crippen LogP contribution is -2.40. The van der Waals surface area contributed by atoms with Gasteiger partial charge in [0, 0.05) is 26.3 Å². The van der Waals surface area contributed by atoms with Crippen LogP contribution < -0.4 is 16.4 Å². The Bertz CT molecular complexity index is 334. The fourth-order valence-electron chi connectivity index (χ4n) is 1.40. The number of halogens is 1. The number of rotatable bonds is 10. The highest BCUT2D eigenvalue weighted by molar-refractivity contribution is 14.0. The van der Waals surface area contributed by atoms with Gasteiger partial charge in [-0.25, -0.2) is 0 Å². The van der Waals surface area contributed by atoms with Gasteiger partial charge in [0.25, 0.3) is 0 Å². The maximum Gasteiger partial charge on any atom is 0.224 e. The second kappa shape index (κ2) is 12.9. The molecule has 0 aromatic heterocycles. The minimum Gasteiger partial charge on any atom is -0.381 e. The third-order valence-corrected chi connectivity index (χ3v) is 2.85. The van der Waals surface area contributed by atoms with E-state index in [0.717, 1.165) is 32.7 Å². The molecule has 0 aliphatic rings. The van der Waals surface area contributed by atoms with Crippen LogP contribution in [0.5, 0.6) is 0 Å². The number of carbonyl (C=O) groups excluding carboxylic acids is 1. The number of nitrogens with two attached hydrogens (primary N) is 1. The van der Waals surface area contributed by atoms with Gasteiger partial charge in [-0.2, -0.15) is 0 Å². The molecule has 0 atom stereocenters. The molecule has 22 heavy (non-hydrogen) atoms. The van der Waals surface area contributed by atoms with E-state index in [-0.39, 0.29) is 29.9 Å². The normalized spacial score (nSPS) is 12.0. The van der Waals surface area contributed by atoms with Crippen molar-refractivity contribution >= 4 is 35.8 Å². The van der Waals surface area contributed by atoms with Crippen LogP contribution in [-0.2, 0) is 9.53 Å². The summed E-state index contributed by atoms with van der Waals surface area (Å²) in [6.07, 6.45) is 0.913. The highest BCUT2D eigenvalue weighted by Crippen LogP contribution is 2.13. The van der Waals surface area contributed by atoms with Crippen molar-refractivity contribution in [1.82, 2.24) is 10.6 Å². The summed E-state index contributed by atoms with van der Waals surface area (Å²) in [7, 11) is 0. The Balaban J connectivity index is 0. The Hall–Kier alpha value is -0.570. The summed E-state index contributed by atoms with van der Waals surface area (Å²) in [5, 5.41) is 6.38. The summed E-state index contributed by atoms with van der Waals surface area (Å²) in [6, 6.07) is 0. The van der Waals surface area contributed by atoms with E-state index < -0.39 is 5.41 Å². The number of hydrogen-bond donors (Lipinski definition) is 3. The highest BCUT2D eigenvalue weighted by Gasteiger charge is 2.24. The van der Waals surface area contributed by atoms with Crippen LogP contribution in [0, 0.1) is 11.3 Å². The number of nitrogens with one attached hydrogen (secondary N) is 2. The fraction of sp³-hybridized carbons (Fsp3) is 0.867. The van der Waals surface area contributed by atoms with Crippen LogP contribution in [0.4, 0.5) is 0 Å². The summed E-state index contributed by atoms with van der Waals surface area (Å²) < 4.78 is 5.52. The zero-order chi connectivity index (χ0) is 16.3. The van der Waals surface area contributed by atoms with E-state index in [0.29, 0.717) is 18.4 Å². The topological polar surface area (TPSA) is 88.7 Å². The Morgan fingerprint density at radius 3 is 2.45 bits per heavy atom. The van der Waals surface area contributed by atoms with Crippen molar-refractivity contribution in [2.45, 2.75) is 41.0 Å². The molecule has 0 aromatic carbocycles. The molecular formula is C15H33IN4O2. The van der Waals surface area contributed by atoms with E-state index in [2.05, 4.69) is 29.5 Å². The molecule has 132 valence electrons. The van der Waals surface area contributed by atoms with Crippen LogP contribution in [0.2, 0.25) is 0 Å². The Labute approximate surface area is 152 Å². The van der Waals surface area contributed by atoms with Crippen molar-refractivity contribution in [3.8, 4) is 0 Å². The van der Waals surface area contributed by atoms with Crippen molar-refractivity contribution in [2.24, 2.45) is 22.1 Å². The third-order valence-electron chi connectivity index (χ3n) is 2.85. The predicted octanol–water partition coefficient (Wildman–Crippen LogP) is 1.73. The van der Waals surface area contributed by atoms with Crippen LogP contribution in [0.1, 0.15) is 41.0 Å². The van der Waals surface area contributed by atoms with E-state index in [4.69, 9.17) is 10.5 Å². The van der Waals surface area contributed by atoms with Crippen LogP contribution in [0.15, 0.2) is 4.99 Å². The van der Waals surface area contributed by atoms with Crippen molar-refractivity contribution in [3.05, 3.63) is 0 Å². The lowest BCUT2D eigenvalue weighted by molar-refractivity contribution is -0.125. The second-order valence-electron chi connectivity index (χ2n) is 6.19. The number of aliphatic imine (C=N–C) groups is 1. The number of nitrogens with zero attached hydrogens (tertiary/aromatic N) is 1. The van der Waals surface area contributed by atoms with Gasteiger partial charge in [0.1, 0.15) is 0 Å². The van der Waals surface area contributed by atoms with Crippen molar-refractivity contribution in [1.29, 1.82) is 0 Å². The number of amides is 1. The maximum absolute atomic E-state index is 11.3. The molecule has 0 heterocycles. The first-order chi connectivity index (χ1) is 9.79. The summed E-state index contributed by atoms with van der Waals surface area (Å²) in [5.41, 5.74) is 4.71. The minimum atomic E-state index is -0.636. The lowest BCUT2D eigenvalue weighted by Gasteiger charge is -2.19. The van der Waals surface area contributed by atoms with Gasteiger partial charge in [-0.3, -0.25) is 9.79 Å². The molecule has 0 rings (SSSR count). The largest absolute Gasteiger partial charge is 0.381 e. The zero-order valence-electron chi connectivity index (χ0n) is 14.6. The first kappa shape index (κ1) is 23.7. The Kier molecular flexibility index (Phi) is 13.9. The predicted molar refractivity (Wildman–Crippen MR) is 103 cm³/mol. The zero-order valence-corrected chi connectivity index (χ0v) is 16.9. The van der Waals surface area contributed by atoms with E-state index in [9.17, 15) is 4.79 Å². The van der Waals surface area contributed by atoms with Gasteiger partial charge in [-0.1, -0.05) is 13.8 Å². The molecule has 0 spiro atoms. The molecule has 0 aliphatic carbocycles. The van der Waals surface area contributed by atoms with E-state index in [1.54, 1.807) is 13.8 Å². The second-order valence-corrected chi connectivity index (χ2v) is 6.19. The molecule has 0 bridgehead atoms. The SMILES string of the molecule is CCNC(=NCC(C)(C)C(N)=O)NCCCOCC(C)C.I. The molecule has 0 fully saturated rings. The van der Waals surface area contributed by atoms with Crippen molar-refractivity contribution in [3.63, 3.8) is 0 Å². The molecular weight excluding hydrogens is 395 g/mol. The van der Waals surface area contributed by atoms with Crippen LogP contribution in [-0.4, -0.2) is 44.7 Å². The Morgan fingerprint density at radius 1 is 1.32 bits per heavy atom. The van der Waals surface area contributed by atoms with Gasteiger partial charge >= 0.3 is 0 Å². The molecule has 1 amide bonds. The molecule has 0 saturated carbocycles. The van der Waals surface area contributed by atoms with E-state index >= 15 is 0 Å². The molecule has 4 N–H and O–H groups in total. The van der Waals surface area contributed by atoms with E-state index in [1.165, 1.54) is 0 Å². The van der Waals surface area contributed by atoms with Gasteiger partial charge < -0.3 is 21.1 Å². The van der Waals surface area contributed by atoms with Crippen LogP contribution in [0.25, 0.3) is 0 Å². The molecule has 0 saturated heterocycles. The van der Waals surface area contributed by atoms with Gasteiger partial charge in [-0.05, 0) is 33.1 Å². The van der Waals surface area contributed by atoms with Crippen molar-refractivity contribution in [2.75, 3.05) is 32.8 Å². The van der Waals surface area contributed by atoms with Gasteiger partial charge in [0.2, 0.25) is 5.91 Å². The molecule has 0 unspecified atom stereocenters. The monoisotopic (exact) mass is 428 g/mol. The summed E-state index contributed by atoms with van der Waals surface area (Å²) in [6.45, 7) is 13.3. The fourth-order valence-corrected chi connectivity index (χ4v) is 1.40. The molecule has 6 nitrogen and oxygen atoms in total. The highest BCUT2D eigenvalue weighted by atomic mass is 127. The van der Waals surface area contributed by atoms with Crippen LogP contribution in [0.3, 0.4) is 0 Å². The van der Waals surface area contributed by atoms with Crippen molar-refractivity contribution < 1.29 is 9.53 Å². The maximum atomic E-state index is 11.3. The van der Waals surface area contributed by atoms with Gasteiger partial charge in [0.05, 0.1) is 12.0 Å². The standard InChI is InChI=1S/C15H32N4O2.HI/c1-6-17-14(19-11-15(4,5)13(16)20)18-8-7-9-21-10-12(2)3;/h12H,6-11H2,1-5H3,(H2,16,20)(H2,17,18,19);1H. The van der Waals surface area contributed by atoms with E-state index in [1.807, 2.05) is 6.92 Å². The number of ether oxygens (including phenoxy) is 1. The average molecular weight is 428 g/mol. The summed E-state index contributed by atoms with van der Waals surface area (Å²) in [5.74, 6) is 0.924. The summed E-state index contributed by atoms with van der Waals surface area (Å²) >= 11 is 0. The molecule has 7 heteroatoms. The smallest absolute Gasteiger partial charge is 0.224 e. The lowest BCUT2D eigenvalue weighted by atomic mass is 9.93. The minimum absolute atomic E-state index is 0. The van der Waals surface area contributed by atoms with Gasteiger partial charge in [-0.15, -0.1) is 24.0 Å². The van der Waals surface area contributed by atoms with Crippen LogP contribution >= 0.6 is 24.0 Å². The quantitative estimate of drug-likeness (QED) is 0.214. The molecule has 0 aromatic rings. The number of carbonyl (C=O) groups is 1. The third kappa shape index (κ3) is 12.0. The number of guanidine groups is 1. The molecule has 0 radical (unpaired) electrons. The first-order valence-corrected chi connectivity index (χ1v) is 7.69. The number of primary amides is 1. The van der Waals surface area contributed by atoms with Gasteiger partial charge in [0.15, 0.2) is 5.96 Å². The molecule has 0 aliphatic heterocycles. The first-order valence-electron chi connectivity index (χ1n) is 7.69. The summed E-state index contributed by atoms with van der Waals surface area (Å²) in [4.78, 5) is 15.7. The number of hydrogen-bond acceptors (Lipinski definition) is 3. The Morgan fingerprint density at radius 2 is 1.95 bits per heavy atom.